The zero-order chi connectivity index (χ0) is 21.8. The van der Waals surface area contributed by atoms with Crippen LogP contribution in [-0.2, 0) is 13.1 Å². The zero-order valence-corrected chi connectivity index (χ0v) is 18.2. The summed E-state index contributed by atoms with van der Waals surface area (Å²) in [5.41, 5.74) is 3.26. The SMILES string of the molecule is O=C(c1ccccc1)N(Cc1ccc2ccccc2c1)C1CCN(Cc2ccccc2)C1. The van der Waals surface area contributed by atoms with Crippen molar-refractivity contribution >= 4 is 16.7 Å². The summed E-state index contributed by atoms with van der Waals surface area (Å²) in [6, 6.07) is 35.4. The van der Waals surface area contributed by atoms with Gasteiger partial charge in [-0.25, -0.2) is 0 Å². The summed E-state index contributed by atoms with van der Waals surface area (Å²) in [4.78, 5) is 18.1. The molecule has 0 radical (unpaired) electrons. The van der Waals surface area contributed by atoms with Crippen LogP contribution in [-0.4, -0.2) is 34.8 Å². The first-order chi connectivity index (χ1) is 15.8. The normalized spacial score (nSPS) is 16.3. The summed E-state index contributed by atoms with van der Waals surface area (Å²) in [5, 5.41) is 2.45. The third kappa shape index (κ3) is 4.58. The zero-order valence-electron chi connectivity index (χ0n) is 18.2. The van der Waals surface area contributed by atoms with Gasteiger partial charge in [0, 0.05) is 37.8 Å². The number of rotatable bonds is 6. The van der Waals surface area contributed by atoms with Crippen molar-refractivity contribution in [1.82, 2.24) is 9.80 Å². The number of carbonyl (C=O) groups excluding carboxylic acids is 1. The molecule has 1 atom stereocenters. The molecule has 5 rings (SSSR count). The molecule has 32 heavy (non-hydrogen) atoms. The summed E-state index contributed by atoms with van der Waals surface area (Å²) in [5.74, 6) is 0.116. The molecular weight excluding hydrogens is 392 g/mol. The van der Waals surface area contributed by atoms with E-state index in [2.05, 4.69) is 82.6 Å². The summed E-state index contributed by atoms with van der Waals surface area (Å²) in [6.45, 7) is 3.47. The van der Waals surface area contributed by atoms with Gasteiger partial charge >= 0.3 is 0 Å². The van der Waals surface area contributed by atoms with Crippen LogP contribution >= 0.6 is 0 Å². The molecule has 1 heterocycles. The third-order valence-corrected chi connectivity index (χ3v) is 6.39. The van der Waals surface area contributed by atoms with E-state index in [1.807, 2.05) is 30.3 Å². The minimum Gasteiger partial charge on any atom is -0.330 e. The Kier molecular flexibility index (Phi) is 6.00. The average Bonchev–Trinajstić information content (AvgIpc) is 3.31. The molecule has 1 fully saturated rings. The van der Waals surface area contributed by atoms with Crippen molar-refractivity contribution in [2.45, 2.75) is 25.6 Å². The molecule has 1 unspecified atom stereocenters. The molecule has 0 aliphatic carbocycles. The molecule has 1 saturated heterocycles. The van der Waals surface area contributed by atoms with Crippen molar-refractivity contribution in [2.75, 3.05) is 13.1 Å². The van der Waals surface area contributed by atoms with E-state index < -0.39 is 0 Å². The summed E-state index contributed by atoms with van der Waals surface area (Å²) >= 11 is 0. The summed E-state index contributed by atoms with van der Waals surface area (Å²) < 4.78 is 0. The first kappa shape index (κ1) is 20.5. The highest BCUT2D eigenvalue weighted by Crippen LogP contribution is 2.24. The minimum atomic E-state index is 0.116. The van der Waals surface area contributed by atoms with Crippen LogP contribution in [0.25, 0.3) is 10.8 Å². The topological polar surface area (TPSA) is 23.6 Å². The minimum absolute atomic E-state index is 0.116. The molecule has 0 aromatic heterocycles. The predicted molar refractivity (Wildman–Crippen MR) is 130 cm³/mol. The maximum atomic E-state index is 13.6. The maximum Gasteiger partial charge on any atom is 0.254 e. The van der Waals surface area contributed by atoms with E-state index >= 15 is 0 Å². The van der Waals surface area contributed by atoms with Gasteiger partial charge in [0.25, 0.3) is 5.91 Å². The Bertz CT molecular complexity index is 1190. The van der Waals surface area contributed by atoms with Gasteiger partial charge < -0.3 is 4.90 Å². The van der Waals surface area contributed by atoms with Crippen LogP contribution in [0.4, 0.5) is 0 Å². The molecule has 0 spiro atoms. The number of hydrogen-bond acceptors (Lipinski definition) is 2. The van der Waals surface area contributed by atoms with Gasteiger partial charge in [-0.1, -0.05) is 84.9 Å². The fourth-order valence-electron chi connectivity index (χ4n) is 4.70. The second kappa shape index (κ2) is 9.37. The highest BCUT2D eigenvalue weighted by molar-refractivity contribution is 5.94. The van der Waals surface area contributed by atoms with Crippen molar-refractivity contribution in [3.05, 3.63) is 120 Å². The van der Waals surface area contributed by atoms with Crippen LogP contribution < -0.4 is 0 Å². The van der Waals surface area contributed by atoms with E-state index in [0.717, 1.165) is 31.6 Å². The lowest BCUT2D eigenvalue weighted by atomic mass is 10.0. The Morgan fingerprint density at radius 2 is 1.47 bits per heavy atom. The molecule has 4 aromatic rings. The number of benzene rings is 4. The molecule has 3 heteroatoms. The largest absolute Gasteiger partial charge is 0.330 e. The fourth-order valence-corrected chi connectivity index (χ4v) is 4.70. The second-order valence-electron chi connectivity index (χ2n) is 8.64. The van der Waals surface area contributed by atoms with Crippen LogP contribution in [0.1, 0.15) is 27.9 Å². The molecule has 160 valence electrons. The first-order valence-corrected chi connectivity index (χ1v) is 11.4. The van der Waals surface area contributed by atoms with Crippen molar-refractivity contribution < 1.29 is 4.79 Å². The number of carbonyl (C=O) groups is 1. The van der Waals surface area contributed by atoms with E-state index in [1.54, 1.807) is 0 Å². The number of nitrogens with zero attached hydrogens (tertiary/aromatic N) is 2. The van der Waals surface area contributed by atoms with Crippen LogP contribution in [0, 0.1) is 0 Å². The lowest BCUT2D eigenvalue weighted by molar-refractivity contribution is 0.0664. The summed E-state index contributed by atoms with van der Waals surface area (Å²) in [6.07, 6.45) is 0.999. The highest BCUT2D eigenvalue weighted by Gasteiger charge is 2.31. The van der Waals surface area contributed by atoms with Gasteiger partial charge in [0.1, 0.15) is 0 Å². The Labute approximate surface area is 189 Å². The summed E-state index contributed by atoms with van der Waals surface area (Å²) in [7, 11) is 0. The van der Waals surface area contributed by atoms with E-state index in [4.69, 9.17) is 0 Å². The lowest BCUT2D eigenvalue weighted by Gasteiger charge is -2.30. The van der Waals surface area contributed by atoms with Crippen LogP contribution in [0.2, 0.25) is 0 Å². The van der Waals surface area contributed by atoms with Gasteiger partial charge in [0.05, 0.1) is 0 Å². The number of hydrogen-bond donors (Lipinski definition) is 0. The number of amides is 1. The van der Waals surface area contributed by atoms with Crippen LogP contribution in [0.5, 0.6) is 0 Å². The van der Waals surface area contributed by atoms with E-state index in [9.17, 15) is 4.79 Å². The van der Waals surface area contributed by atoms with Gasteiger partial charge in [0.2, 0.25) is 0 Å². The van der Waals surface area contributed by atoms with Gasteiger partial charge in [-0.3, -0.25) is 9.69 Å². The van der Waals surface area contributed by atoms with Crippen LogP contribution in [0.3, 0.4) is 0 Å². The van der Waals surface area contributed by atoms with Gasteiger partial charge in [0.15, 0.2) is 0 Å². The van der Waals surface area contributed by atoms with Crippen molar-refractivity contribution in [1.29, 1.82) is 0 Å². The number of likely N-dealkylation sites (tertiary alicyclic amines) is 1. The molecular formula is C29H28N2O. The van der Waals surface area contributed by atoms with E-state index in [0.29, 0.717) is 6.54 Å². The molecule has 1 amide bonds. The Hall–Kier alpha value is -3.43. The molecule has 1 aliphatic rings. The fraction of sp³-hybridized carbons (Fsp3) is 0.207. The van der Waals surface area contributed by atoms with Crippen molar-refractivity contribution in [2.24, 2.45) is 0 Å². The highest BCUT2D eigenvalue weighted by atomic mass is 16.2. The standard InChI is InChI=1S/C29H28N2O/c32-29(26-12-5-2-6-13-26)31(21-24-15-16-25-11-7-8-14-27(25)19-24)28-17-18-30(22-28)20-23-9-3-1-4-10-23/h1-16,19,28H,17-18,20-22H2. The van der Waals surface area contributed by atoms with E-state index in [-0.39, 0.29) is 11.9 Å². The molecule has 0 saturated carbocycles. The molecule has 4 aromatic carbocycles. The second-order valence-corrected chi connectivity index (χ2v) is 8.64. The van der Waals surface area contributed by atoms with Crippen LogP contribution in [0.15, 0.2) is 103 Å². The monoisotopic (exact) mass is 420 g/mol. The molecule has 0 bridgehead atoms. The maximum absolute atomic E-state index is 13.6. The van der Waals surface area contributed by atoms with Gasteiger partial charge in [-0.15, -0.1) is 0 Å². The molecule has 0 N–H and O–H groups in total. The first-order valence-electron chi connectivity index (χ1n) is 11.4. The van der Waals surface area contributed by atoms with E-state index in [1.165, 1.54) is 21.9 Å². The Balaban J connectivity index is 1.38. The van der Waals surface area contributed by atoms with Gasteiger partial charge in [-0.05, 0) is 46.5 Å². The molecule has 3 nitrogen and oxygen atoms in total. The Morgan fingerprint density at radius 1 is 0.781 bits per heavy atom. The lowest BCUT2D eigenvalue weighted by Crippen LogP contribution is -2.41. The predicted octanol–water partition coefficient (Wildman–Crippen LogP) is 5.76. The third-order valence-electron chi connectivity index (χ3n) is 6.39. The van der Waals surface area contributed by atoms with Gasteiger partial charge in [-0.2, -0.15) is 0 Å². The quantitative estimate of drug-likeness (QED) is 0.396. The Morgan fingerprint density at radius 3 is 2.25 bits per heavy atom. The average molecular weight is 421 g/mol. The van der Waals surface area contributed by atoms with Crippen molar-refractivity contribution in [3.63, 3.8) is 0 Å². The smallest absolute Gasteiger partial charge is 0.254 e. The molecule has 1 aliphatic heterocycles. The van der Waals surface area contributed by atoms with Crippen molar-refractivity contribution in [3.8, 4) is 0 Å². The number of fused-ring (bicyclic) bond motifs is 1.